The summed E-state index contributed by atoms with van der Waals surface area (Å²) in [7, 11) is 1.65. The highest BCUT2D eigenvalue weighted by Crippen LogP contribution is 2.27. The van der Waals surface area contributed by atoms with Crippen LogP contribution in [0.15, 0.2) is 39.8 Å². The number of aryl methyl sites for hydroxylation is 1. The van der Waals surface area contributed by atoms with Gasteiger partial charge in [-0.05, 0) is 25.5 Å². The number of hydrogen-bond acceptors (Lipinski definition) is 7. The van der Waals surface area contributed by atoms with E-state index in [1.165, 1.54) is 0 Å². The van der Waals surface area contributed by atoms with Gasteiger partial charge in [-0.2, -0.15) is 0 Å². The topological polar surface area (TPSA) is 87.9 Å². The number of piperazine rings is 1. The number of nitrogens with zero attached hydrogens (tertiary/aromatic N) is 3. The lowest BCUT2D eigenvalue weighted by Gasteiger charge is -2.34. The zero-order valence-corrected chi connectivity index (χ0v) is 19.0. The fourth-order valence-electron chi connectivity index (χ4n) is 3.39. The third-order valence-electron chi connectivity index (χ3n) is 5.04. The highest BCUT2D eigenvalue weighted by atomic mass is 32.2. The molecule has 31 heavy (non-hydrogen) atoms. The van der Waals surface area contributed by atoms with Crippen LogP contribution < -0.4 is 5.32 Å². The molecule has 2 amide bonds. The monoisotopic (exact) mass is 446 g/mol. The van der Waals surface area contributed by atoms with Crippen LogP contribution in [0.2, 0.25) is 0 Å². The van der Waals surface area contributed by atoms with Crippen LogP contribution in [0.3, 0.4) is 0 Å². The number of carbonyl (C=O) groups excluding carboxylic acids is 2. The first-order valence-electron chi connectivity index (χ1n) is 10.5. The van der Waals surface area contributed by atoms with Crippen LogP contribution in [0.5, 0.6) is 0 Å². The van der Waals surface area contributed by atoms with Gasteiger partial charge in [0, 0.05) is 57.4 Å². The number of hydrogen-bond donors (Lipinski definition) is 1. The highest BCUT2D eigenvalue weighted by Gasteiger charge is 2.24. The highest BCUT2D eigenvalue weighted by molar-refractivity contribution is 7.98. The molecule has 168 valence electrons. The molecule has 0 aliphatic carbocycles. The van der Waals surface area contributed by atoms with Crippen molar-refractivity contribution >= 4 is 23.6 Å². The molecule has 0 spiro atoms. The number of aromatic nitrogens is 1. The minimum Gasteiger partial charge on any atom is -0.385 e. The molecule has 0 radical (unpaired) electrons. The first-order valence-corrected chi connectivity index (χ1v) is 11.5. The van der Waals surface area contributed by atoms with Gasteiger partial charge in [-0.3, -0.25) is 14.5 Å². The molecule has 1 aliphatic rings. The van der Waals surface area contributed by atoms with E-state index in [0.717, 1.165) is 22.8 Å². The van der Waals surface area contributed by atoms with Gasteiger partial charge in [-0.15, -0.1) is 11.8 Å². The zero-order valence-electron chi connectivity index (χ0n) is 18.1. The summed E-state index contributed by atoms with van der Waals surface area (Å²) in [5.74, 6) is 1.46. The third kappa shape index (κ3) is 7.09. The Labute approximate surface area is 187 Å². The fraction of sp³-hybridized carbons (Fsp3) is 0.500. The lowest BCUT2D eigenvalue weighted by molar-refractivity contribution is -0.122. The number of amides is 2. The van der Waals surface area contributed by atoms with Gasteiger partial charge in [0.1, 0.15) is 5.76 Å². The number of carbonyl (C=O) groups is 2. The molecule has 0 unspecified atom stereocenters. The van der Waals surface area contributed by atoms with Crippen molar-refractivity contribution in [1.82, 2.24) is 20.3 Å². The van der Waals surface area contributed by atoms with Crippen molar-refractivity contribution in [1.29, 1.82) is 0 Å². The summed E-state index contributed by atoms with van der Waals surface area (Å²) >= 11 is 1.57. The zero-order chi connectivity index (χ0) is 22.1. The van der Waals surface area contributed by atoms with E-state index < -0.39 is 0 Å². The van der Waals surface area contributed by atoms with Gasteiger partial charge < -0.3 is 19.5 Å². The van der Waals surface area contributed by atoms with E-state index in [9.17, 15) is 9.59 Å². The molecule has 2 heterocycles. The second-order valence-corrected chi connectivity index (χ2v) is 8.50. The maximum absolute atomic E-state index is 13.1. The van der Waals surface area contributed by atoms with Gasteiger partial charge in [-0.1, -0.05) is 17.3 Å². The maximum Gasteiger partial charge on any atom is 0.255 e. The lowest BCUT2D eigenvalue weighted by Crippen LogP contribution is -2.51. The molecule has 1 aliphatic heterocycles. The van der Waals surface area contributed by atoms with E-state index in [-0.39, 0.29) is 11.8 Å². The average molecular weight is 447 g/mol. The molecule has 3 rings (SSSR count). The van der Waals surface area contributed by atoms with Crippen LogP contribution in [-0.4, -0.2) is 79.8 Å². The van der Waals surface area contributed by atoms with Crippen molar-refractivity contribution in [2.45, 2.75) is 24.0 Å². The molecular formula is C22H30N4O4S. The van der Waals surface area contributed by atoms with Crippen LogP contribution >= 0.6 is 11.8 Å². The lowest BCUT2D eigenvalue weighted by atomic mass is 10.2. The largest absolute Gasteiger partial charge is 0.385 e. The van der Waals surface area contributed by atoms with Crippen LogP contribution in [0.4, 0.5) is 0 Å². The van der Waals surface area contributed by atoms with Crippen molar-refractivity contribution in [2.75, 3.05) is 53.0 Å². The van der Waals surface area contributed by atoms with Crippen molar-refractivity contribution in [3.05, 3.63) is 47.3 Å². The van der Waals surface area contributed by atoms with Gasteiger partial charge in [0.05, 0.1) is 23.6 Å². The molecule has 1 saturated heterocycles. The Morgan fingerprint density at radius 1 is 1.23 bits per heavy atom. The van der Waals surface area contributed by atoms with E-state index in [1.807, 2.05) is 42.2 Å². The summed E-state index contributed by atoms with van der Waals surface area (Å²) in [4.78, 5) is 30.1. The second kappa shape index (κ2) is 11.9. The predicted octanol–water partition coefficient (Wildman–Crippen LogP) is 2.19. The predicted molar refractivity (Wildman–Crippen MR) is 119 cm³/mol. The van der Waals surface area contributed by atoms with Gasteiger partial charge in [0.15, 0.2) is 0 Å². The third-order valence-corrected chi connectivity index (χ3v) is 6.13. The quantitative estimate of drug-likeness (QED) is 0.442. The summed E-state index contributed by atoms with van der Waals surface area (Å²) in [5, 5.41) is 6.81. The Morgan fingerprint density at radius 2 is 2.00 bits per heavy atom. The van der Waals surface area contributed by atoms with Crippen molar-refractivity contribution < 1.29 is 18.8 Å². The van der Waals surface area contributed by atoms with Crippen LogP contribution in [0.1, 0.15) is 28.2 Å². The summed E-state index contributed by atoms with van der Waals surface area (Å²) in [6.45, 7) is 6.09. The van der Waals surface area contributed by atoms with E-state index >= 15 is 0 Å². The Balaban J connectivity index is 1.48. The molecule has 1 fully saturated rings. The Hall–Kier alpha value is -2.36. The van der Waals surface area contributed by atoms with E-state index in [0.29, 0.717) is 57.2 Å². The molecule has 1 aromatic heterocycles. The standard InChI is InChI=1S/C22H30N4O4S/c1-17-14-18(30-24-17)16-31-20-7-4-3-6-19(20)22(28)26-11-9-25(10-12-26)15-21(27)23-8-5-13-29-2/h3-4,6-7,14H,5,8-13,15-16H2,1-2H3,(H,23,27). The summed E-state index contributed by atoms with van der Waals surface area (Å²) in [6, 6.07) is 9.57. The molecule has 0 saturated carbocycles. The van der Waals surface area contributed by atoms with Crippen LogP contribution in [-0.2, 0) is 15.3 Å². The minimum atomic E-state index is 0.0141. The smallest absolute Gasteiger partial charge is 0.255 e. The summed E-state index contributed by atoms with van der Waals surface area (Å²) in [6.07, 6.45) is 0.804. The number of thioether (sulfide) groups is 1. The first kappa shape index (κ1) is 23.3. The van der Waals surface area contributed by atoms with Crippen molar-refractivity contribution in [3.63, 3.8) is 0 Å². The Bertz CT molecular complexity index is 865. The number of ether oxygens (including phenoxy) is 1. The van der Waals surface area contributed by atoms with E-state index in [2.05, 4.69) is 15.4 Å². The number of methoxy groups -OCH3 is 1. The van der Waals surface area contributed by atoms with Gasteiger partial charge in [-0.25, -0.2) is 0 Å². The molecule has 0 bridgehead atoms. The fourth-order valence-corrected chi connectivity index (χ4v) is 4.30. The van der Waals surface area contributed by atoms with Crippen molar-refractivity contribution in [2.24, 2.45) is 0 Å². The molecule has 8 nitrogen and oxygen atoms in total. The first-order chi connectivity index (χ1) is 15.1. The minimum absolute atomic E-state index is 0.0141. The number of rotatable bonds is 10. The summed E-state index contributed by atoms with van der Waals surface area (Å²) < 4.78 is 10.3. The molecule has 9 heteroatoms. The second-order valence-electron chi connectivity index (χ2n) is 7.48. The maximum atomic E-state index is 13.1. The van der Waals surface area contributed by atoms with Crippen LogP contribution in [0, 0.1) is 6.92 Å². The Kier molecular flexibility index (Phi) is 8.93. The molecule has 2 aromatic rings. The van der Waals surface area contributed by atoms with Gasteiger partial charge in [0.2, 0.25) is 5.91 Å². The van der Waals surface area contributed by atoms with E-state index in [1.54, 1.807) is 18.9 Å². The summed E-state index contributed by atoms with van der Waals surface area (Å²) in [5.41, 5.74) is 1.55. The van der Waals surface area contributed by atoms with Crippen LogP contribution in [0.25, 0.3) is 0 Å². The normalized spacial score (nSPS) is 14.6. The van der Waals surface area contributed by atoms with Gasteiger partial charge in [0.25, 0.3) is 5.91 Å². The van der Waals surface area contributed by atoms with E-state index in [4.69, 9.17) is 9.26 Å². The Morgan fingerprint density at radius 3 is 2.71 bits per heavy atom. The SMILES string of the molecule is COCCCNC(=O)CN1CCN(C(=O)c2ccccc2SCc2cc(C)no2)CC1. The van der Waals surface area contributed by atoms with Gasteiger partial charge >= 0.3 is 0 Å². The number of nitrogens with one attached hydrogen (secondary N) is 1. The van der Waals surface area contributed by atoms with Crippen molar-refractivity contribution in [3.8, 4) is 0 Å². The molecule has 0 atom stereocenters. The molecular weight excluding hydrogens is 416 g/mol. The average Bonchev–Trinajstić information content (AvgIpc) is 3.20. The molecule has 1 N–H and O–H groups in total. The molecule has 1 aromatic carbocycles. The number of benzene rings is 1.